The summed E-state index contributed by atoms with van der Waals surface area (Å²) >= 11 is 6.11. The molecule has 0 radical (unpaired) electrons. The lowest BCUT2D eigenvalue weighted by Gasteiger charge is -2.26. The highest BCUT2D eigenvalue weighted by molar-refractivity contribution is 6.30. The molecule has 6 heteroatoms. The van der Waals surface area contributed by atoms with Crippen LogP contribution >= 0.6 is 11.6 Å². The normalized spacial score (nSPS) is 13.1. The van der Waals surface area contributed by atoms with Gasteiger partial charge in [-0.05, 0) is 31.5 Å². The number of hydrogen-bond acceptors (Lipinski definition) is 5. The van der Waals surface area contributed by atoms with Crippen LogP contribution in [0.1, 0.15) is 34.1 Å². The van der Waals surface area contributed by atoms with Crippen LogP contribution < -0.4 is 16.0 Å². The van der Waals surface area contributed by atoms with E-state index in [9.17, 15) is 9.59 Å². The van der Waals surface area contributed by atoms with Crippen LogP contribution in [-0.2, 0) is 0 Å². The molecule has 2 aromatic heterocycles. The molecule has 126 valence electrons. The maximum absolute atomic E-state index is 12.5. The molecule has 0 spiro atoms. The highest BCUT2D eigenvalue weighted by Crippen LogP contribution is 2.45. The summed E-state index contributed by atoms with van der Waals surface area (Å²) in [7, 11) is 0. The van der Waals surface area contributed by atoms with Crippen LogP contribution in [0.2, 0.25) is 5.02 Å². The number of aryl methyl sites for hydroxylation is 2. The Kier molecular flexibility index (Phi) is 3.54. The average Bonchev–Trinajstić information content (AvgIpc) is 2.52. The van der Waals surface area contributed by atoms with Gasteiger partial charge < -0.3 is 13.6 Å². The minimum atomic E-state index is -0.675. The fraction of sp³-hybridized carbons (Fsp3) is 0.158. The van der Waals surface area contributed by atoms with Gasteiger partial charge in [0.2, 0.25) is 0 Å². The highest BCUT2D eigenvalue weighted by Gasteiger charge is 2.35. The fourth-order valence-corrected chi connectivity index (χ4v) is 3.36. The summed E-state index contributed by atoms with van der Waals surface area (Å²) < 4.78 is 16.3. The Balaban J connectivity index is 2.09. The van der Waals surface area contributed by atoms with Crippen molar-refractivity contribution in [3.8, 4) is 11.5 Å². The molecule has 0 bridgehead atoms. The van der Waals surface area contributed by atoms with Crippen LogP contribution in [0.25, 0.3) is 0 Å². The fourth-order valence-electron chi connectivity index (χ4n) is 3.16. The molecule has 0 N–H and O–H groups in total. The number of benzene rings is 1. The van der Waals surface area contributed by atoms with Crippen molar-refractivity contribution >= 4 is 11.6 Å². The number of ether oxygens (including phenoxy) is 1. The van der Waals surface area contributed by atoms with Crippen LogP contribution in [0.15, 0.2) is 54.8 Å². The first-order valence-electron chi connectivity index (χ1n) is 7.66. The van der Waals surface area contributed by atoms with Gasteiger partial charge in [0.25, 0.3) is 0 Å². The van der Waals surface area contributed by atoms with Gasteiger partial charge >= 0.3 is 11.3 Å². The summed E-state index contributed by atoms with van der Waals surface area (Å²) in [6.45, 7) is 3.33. The summed E-state index contributed by atoms with van der Waals surface area (Å²) in [6.07, 6.45) is 0. The summed E-state index contributed by atoms with van der Waals surface area (Å²) in [5.74, 6) is 0.923. The SMILES string of the molecule is Cc1cc2c(c(=O)o1)C(c1cccc(Cl)c1)c1c(cc(C)oc1=O)O2. The van der Waals surface area contributed by atoms with Crippen molar-refractivity contribution in [3.63, 3.8) is 0 Å². The molecule has 5 nitrogen and oxygen atoms in total. The highest BCUT2D eigenvalue weighted by atomic mass is 35.5. The minimum absolute atomic E-state index is 0.261. The average molecular weight is 357 g/mol. The van der Waals surface area contributed by atoms with Crippen molar-refractivity contribution < 1.29 is 13.6 Å². The van der Waals surface area contributed by atoms with Gasteiger partial charge in [-0.25, -0.2) is 9.59 Å². The van der Waals surface area contributed by atoms with E-state index in [1.165, 1.54) is 0 Å². The second kappa shape index (κ2) is 5.63. The Morgan fingerprint density at radius 1 is 0.880 bits per heavy atom. The zero-order valence-corrected chi connectivity index (χ0v) is 14.2. The first kappa shape index (κ1) is 15.7. The second-order valence-electron chi connectivity index (χ2n) is 5.93. The van der Waals surface area contributed by atoms with Gasteiger partial charge in [-0.1, -0.05) is 23.7 Å². The van der Waals surface area contributed by atoms with Gasteiger partial charge in [-0.15, -0.1) is 0 Å². The van der Waals surface area contributed by atoms with E-state index in [1.807, 2.05) is 0 Å². The molecule has 0 fully saturated rings. The lowest BCUT2D eigenvalue weighted by Crippen LogP contribution is -2.26. The quantitative estimate of drug-likeness (QED) is 0.512. The predicted octanol–water partition coefficient (Wildman–Crippen LogP) is 4.15. The second-order valence-corrected chi connectivity index (χ2v) is 6.37. The third kappa shape index (κ3) is 2.57. The third-order valence-electron chi connectivity index (χ3n) is 4.13. The molecular weight excluding hydrogens is 344 g/mol. The Morgan fingerprint density at radius 2 is 1.44 bits per heavy atom. The monoisotopic (exact) mass is 356 g/mol. The molecule has 0 amide bonds. The van der Waals surface area contributed by atoms with Gasteiger partial charge in [0, 0.05) is 17.2 Å². The molecule has 25 heavy (non-hydrogen) atoms. The Bertz CT molecular complexity index is 1040. The zero-order chi connectivity index (χ0) is 17.7. The summed E-state index contributed by atoms with van der Waals surface area (Å²) in [5, 5.41) is 0.500. The van der Waals surface area contributed by atoms with E-state index < -0.39 is 17.2 Å². The van der Waals surface area contributed by atoms with Gasteiger partial charge in [-0.2, -0.15) is 0 Å². The first-order chi connectivity index (χ1) is 11.9. The molecule has 1 aromatic carbocycles. The summed E-state index contributed by atoms with van der Waals surface area (Å²) in [6, 6.07) is 10.3. The van der Waals surface area contributed by atoms with E-state index in [1.54, 1.807) is 50.2 Å². The van der Waals surface area contributed by atoms with Gasteiger partial charge in [0.05, 0.1) is 17.0 Å². The van der Waals surface area contributed by atoms with Crippen LogP contribution in [0.4, 0.5) is 0 Å². The predicted molar refractivity (Wildman–Crippen MR) is 91.9 cm³/mol. The van der Waals surface area contributed by atoms with E-state index >= 15 is 0 Å². The molecule has 0 saturated carbocycles. The zero-order valence-electron chi connectivity index (χ0n) is 13.5. The maximum Gasteiger partial charge on any atom is 0.343 e. The molecule has 0 saturated heterocycles. The molecule has 0 atom stereocenters. The van der Waals surface area contributed by atoms with E-state index in [2.05, 4.69) is 0 Å². The van der Waals surface area contributed by atoms with E-state index in [0.717, 1.165) is 0 Å². The van der Waals surface area contributed by atoms with Crippen LogP contribution in [0.5, 0.6) is 11.5 Å². The van der Waals surface area contributed by atoms with Crippen LogP contribution in [0.3, 0.4) is 0 Å². The summed E-state index contributed by atoms with van der Waals surface area (Å²) in [5.41, 5.74) is 0.106. The molecule has 0 unspecified atom stereocenters. The Morgan fingerprint density at radius 3 is 1.96 bits per heavy atom. The van der Waals surface area contributed by atoms with Gasteiger partial charge in [0.1, 0.15) is 23.0 Å². The van der Waals surface area contributed by atoms with Crippen molar-refractivity contribution in [2.45, 2.75) is 19.8 Å². The Labute approximate surface area is 147 Å². The maximum atomic E-state index is 12.5. The standard InChI is InChI=1S/C19H13ClO5/c1-9-6-13-16(18(21)23-9)15(11-4-3-5-12(20)8-11)17-14(25-13)7-10(2)24-19(17)22/h3-8,15H,1-2H3. The lowest BCUT2D eigenvalue weighted by atomic mass is 9.84. The Hall–Kier alpha value is -2.79. The lowest BCUT2D eigenvalue weighted by molar-refractivity contribution is 0.389. The number of hydrogen-bond donors (Lipinski definition) is 0. The minimum Gasteiger partial charge on any atom is -0.456 e. The van der Waals surface area contributed by atoms with Crippen molar-refractivity contribution in [1.29, 1.82) is 0 Å². The van der Waals surface area contributed by atoms with E-state index in [-0.39, 0.29) is 11.1 Å². The number of fused-ring (bicyclic) bond motifs is 2. The molecular formula is C19H13ClO5. The van der Waals surface area contributed by atoms with Gasteiger partial charge in [0.15, 0.2) is 0 Å². The molecule has 1 aliphatic heterocycles. The van der Waals surface area contributed by atoms with E-state index in [4.69, 9.17) is 25.2 Å². The number of rotatable bonds is 1. The third-order valence-corrected chi connectivity index (χ3v) is 4.36. The molecule has 3 heterocycles. The van der Waals surface area contributed by atoms with Crippen molar-refractivity contribution in [2.75, 3.05) is 0 Å². The smallest absolute Gasteiger partial charge is 0.343 e. The molecule has 1 aliphatic rings. The first-order valence-corrected chi connectivity index (χ1v) is 8.04. The molecule has 0 aliphatic carbocycles. The van der Waals surface area contributed by atoms with Crippen molar-refractivity contribution in [1.82, 2.24) is 0 Å². The topological polar surface area (TPSA) is 69.7 Å². The van der Waals surface area contributed by atoms with Crippen molar-refractivity contribution in [2.24, 2.45) is 0 Å². The van der Waals surface area contributed by atoms with Crippen LogP contribution in [-0.4, -0.2) is 0 Å². The number of halogens is 1. The van der Waals surface area contributed by atoms with Crippen LogP contribution in [0, 0.1) is 13.8 Å². The van der Waals surface area contributed by atoms with Crippen molar-refractivity contribution in [3.05, 3.63) is 90.5 Å². The molecule has 3 aromatic rings. The van der Waals surface area contributed by atoms with E-state index in [0.29, 0.717) is 33.6 Å². The molecule has 4 rings (SSSR count). The van der Waals surface area contributed by atoms with Gasteiger partial charge in [-0.3, -0.25) is 0 Å². The largest absolute Gasteiger partial charge is 0.456 e. The summed E-state index contributed by atoms with van der Waals surface area (Å²) in [4.78, 5) is 25.1.